The van der Waals surface area contributed by atoms with Gasteiger partial charge < -0.3 is 20.9 Å². The Balaban J connectivity index is 1.96. The van der Waals surface area contributed by atoms with Gasteiger partial charge in [-0.15, -0.1) is 0 Å². The molecule has 1 heterocycles. The molecular formula is C25H22N4O6. The van der Waals surface area contributed by atoms with Crippen LogP contribution in [0, 0.1) is 10.1 Å². The molecule has 0 saturated heterocycles. The Bertz CT molecular complexity index is 1340. The predicted molar refractivity (Wildman–Crippen MR) is 128 cm³/mol. The number of benzene rings is 3. The van der Waals surface area contributed by atoms with E-state index in [1.54, 1.807) is 55.5 Å². The summed E-state index contributed by atoms with van der Waals surface area (Å²) in [6, 6.07) is 16.8. The van der Waals surface area contributed by atoms with Crippen molar-refractivity contribution in [2.24, 2.45) is 10.7 Å². The van der Waals surface area contributed by atoms with Crippen molar-refractivity contribution in [3.63, 3.8) is 0 Å². The van der Waals surface area contributed by atoms with E-state index in [-0.39, 0.29) is 17.9 Å². The number of rotatable bonds is 7. The molecule has 178 valence electrons. The van der Waals surface area contributed by atoms with Crippen LogP contribution in [-0.2, 0) is 0 Å². The summed E-state index contributed by atoms with van der Waals surface area (Å²) < 4.78 is 5.43. The van der Waals surface area contributed by atoms with E-state index < -0.39 is 40.3 Å². The molecule has 0 bridgehead atoms. The molecule has 10 heteroatoms. The van der Waals surface area contributed by atoms with E-state index >= 15 is 0 Å². The Hall–Kier alpha value is -4.73. The maximum absolute atomic E-state index is 12.7. The molecular weight excluding hydrogens is 452 g/mol. The molecule has 0 saturated carbocycles. The number of urea groups is 1. The summed E-state index contributed by atoms with van der Waals surface area (Å²) in [5, 5.41) is 24.8. The van der Waals surface area contributed by atoms with Crippen LogP contribution in [0.15, 0.2) is 71.7 Å². The average Bonchev–Trinajstić information content (AvgIpc) is 2.85. The normalized spacial score (nSPS) is 17.3. The molecule has 2 unspecified atom stereocenters. The van der Waals surface area contributed by atoms with Crippen LogP contribution in [-0.4, -0.2) is 34.3 Å². The fourth-order valence-corrected chi connectivity index (χ4v) is 4.15. The predicted octanol–water partition coefficient (Wildman–Crippen LogP) is 3.84. The lowest BCUT2D eigenvalue weighted by atomic mass is 9.79. The zero-order chi connectivity index (χ0) is 25.1. The van der Waals surface area contributed by atoms with Gasteiger partial charge in [-0.05, 0) is 41.8 Å². The standard InChI is InChI=1S/C25H22N4O6/c1-2-35-19-13-17(12-18(23(19)30)29(33)34)22-20(15-9-6-10-16(11-15)24(26)31)21(27-25(32)28-22)14-7-4-3-5-8-14/h3-13,20,22,30H,2H2,1H3,(H2,26,31)(H,28,32). The first-order chi connectivity index (χ1) is 16.8. The van der Waals surface area contributed by atoms with Crippen molar-refractivity contribution in [1.82, 2.24) is 5.32 Å². The van der Waals surface area contributed by atoms with Crippen molar-refractivity contribution in [3.05, 3.63) is 99.1 Å². The summed E-state index contributed by atoms with van der Waals surface area (Å²) in [5.74, 6) is -1.96. The molecule has 35 heavy (non-hydrogen) atoms. The van der Waals surface area contributed by atoms with E-state index in [0.29, 0.717) is 22.4 Å². The number of carbonyl (C=O) groups excluding carboxylic acids is 2. The van der Waals surface area contributed by atoms with Gasteiger partial charge in [0, 0.05) is 11.6 Å². The summed E-state index contributed by atoms with van der Waals surface area (Å²) in [5.41, 5.74) is 7.21. The van der Waals surface area contributed by atoms with Crippen LogP contribution in [0.5, 0.6) is 11.5 Å². The smallest absolute Gasteiger partial charge is 0.341 e. The number of carbonyl (C=O) groups is 2. The number of nitrogens with two attached hydrogens (primary N) is 1. The Morgan fingerprint density at radius 1 is 1.14 bits per heavy atom. The quantitative estimate of drug-likeness (QED) is 0.349. The Labute approximate surface area is 200 Å². The fraction of sp³-hybridized carbons (Fsp3) is 0.160. The first-order valence-corrected chi connectivity index (χ1v) is 10.8. The summed E-state index contributed by atoms with van der Waals surface area (Å²) in [4.78, 5) is 39.7. The molecule has 4 N–H and O–H groups in total. The number of nitrogens with one attached hydrogen (secondary N) is 1. The minimum absolute atomic E-state index is 0.0839. The number of nitro groups is 1. The van der Waals surface area contributed by atoms with Gasteiger partial charge in [0.2, 0.25) is 11.7 Å². The molecule has 1 aliphatic rings. The van der Waals surface area contributed by atoms with Gasteiger partial charge in [-0.1, -0.05) is 42.5 Å². The van der Waals surface area contributed by atoms with Crippen molar-refractivity contribution >= 4 is 23.3 Å². The Kier molecular flexibility index (Phi) is 6.45. The van der Waals surface area contributed by atoms with Crippen LogP contribution in [0.1, 0.15) is 45.9 Å². The number of phenolic OH excluding ortho intramolecular Hbond substituents is 1. The number of ether oxygens (including phenoxy) is 1. The van der Waals surface area contributed by atoms with Crippen molar-refractivity contribution in [2.45, 2.75) is 18.9 Å². The number of hydrogen-bond acceptors (Lipinski definition) is 6. The zero-order valence-electron chi connectivity index (χ0n) is 18.7. The van der Waals surface area contributed by atoms with Crippen LogP contribution >= 0.6 is 0 Å². The highest BCUT2D eigenvalue weighted by Crippen LogP contribution is 2.43. The third-order valence-corrected chi connectivity index (χ3v) is 5.66. The maximum atomic E-state index is 12.7. The van der Waals surface area contributed by atoms with E-state index in [2.05, 4.69) is 10.3 Å². The van der Waals surface area contributed by atoms with Gasteiger partial charge in [-0.25, -0.2) is 4.79 Å². The minimum atomic E-state index is -0.836. The van der Waals surface area contributed by atoms with E-state index in [0.717, 1.165) is 0 Å². The minimum Gasteiger partial charge on any atom is -0.500 e. The summed E-state index contributed by atoms with van der Waals surface area (Å²) in [7, 11) is 0. The van der Waals surface area contributed by atoms with Crippen LogP contribution in [0.25, 0.3) is 0 Å². The maximum Gasteiger partial charge on any atom is 0.341 e. The van der Waals surface area contributed by atoms with Gasteiger partial charge in [-0.2, -0.15) is 4.99 Å². The lowest BCUT2D eigenvalue weighted by Crippen LogP contribution is -2.40. The topological polar surface area (TPSA) is 157 Å². The fourth-order valence-electron chi connectivity index (χ4n) is 4.15. The number of phenols is 1. The van der Waals surface area contributed by atoms with Crippen molar-refractivity contribution < 1.29 is 24.4 Å². The molecule has 0 radical (unpaired) electrons. The molecule has 0 aromatic heterocycles. The SMILES string of the molecule is CCOc1cc(C2NC(=O)N=C(c3ccccc3)C2c2cccc(C(N)=O)c2)cc([N+](=O)[O-])c1O. The molecule has 0 fully saturated rings. The third kappa shape index (κ3) is 4.67. The van der Waals surface area contributed by atoms with Crippen LogP contribution in [0.3, 0.4) is 0 Å². The third-order valence-electron chi connectivity index (χ3n) is 5.66. The highest BCUT2D eigenvalue weighted by molar-refractivity contribution is 6.12. The number of amides is 3. The highest BCUT2D eigenvalue weighted by atomic mass is 16.6. The molecule has 10 nitrogen and oxygen atoms in total. The van der Waals surface area contributed by atoms with Gasteiger partial charge in [0.15, 0.2) is 5.75 Å². The lowest BCUT2D eigenvalue weighted by molar-refractivity contribution is -0.386. The second-order valence-corrected chi connectivity index (χ2v) is 7.83. The molecule has 3 aromatic carbocycles. The van der Waals surface area contributed by atoms with Crippen molar-refractivity contribution in [1.29, 1.82) is 0 Å². The van der Waals surface area contributed by atoms with Gasteiger partial charge in [0.05, 0.1) is 29.2 Å². The van der Waals surface area contributed by atoms with Crippen LogP contribution < -0.4 is 15.8 Å². The molecule has 0 spiro atoms. The Morgan fingerprint density at radius 3 is 2.54 bits per heavy atom. The second kappa shape index (κ2) is 9.64. The van der Waals surface area contributed by atoms with Crippen molar-refractivity contribution in [3.8, 4) is 11.5 Å². The number of aromatic hydroxyl groups is 1. The summed E-state index contributed by atoms with van der Waals surface area (Å²) in [6.45, 7) is 1.84. The van der Waals surface area contributed by atoms with Crippen molar-refractivity contribution in [2.75, 3.05) is 6.61 Å². The molecule has 3 amide bonds. The van der Waals surface area contributed by atoms with Crippen LogP contribution in [0.4, 0.5) is 10.5 Å². The average molecular weight is 474 g/mol. The molecule has 3 aromatic rings. The highest BCUT2D eigenvalue weighted by Gasteiger charge is 2.37. The van der Waals surface area contributed by atoms with Gasteiger partial charge in [0.25, 0.3) is 0 Å². The second-order valence-electron chi connectivity index (χ2n) is 7.83. The van der Waals surface area contributed by atoms with E-state index in [9.17, 15) is 24.8 Å². The monoisotopic (exact) mass is 474 g/mol. The number of primary amides is 1. The molecule has 2 atom stereocenters. The largest absolute Gasteiger partial charge is 0.500 e. The van der Waals surface area contributed by atoms with Gasteiger partial charge >= 0.3 is 11.7 Å². The number of nitro benzene ring substituents is 1. The first kappa shape index (κ1) is 23.4. The zero-order valence-corrected chi connectivity index (χ0v) is 18.7. The number of nitrogens with zero attached hydrogens (tertiary/aromatic N) is 2. The molecule has 0 aliphatic carbocycles. The van der Waals surface area contributed by atoms with Crippen LogP contribution in [0.2, 0.25) is 0 Å². The summed E-state index contributed by atoms with van der Waals surface area (Å²) >= 11 is 0. The Morgan fingerprint density at radius 2 is 1.89 bits per heavy atom. The van der Waals surface area contributed by atoms with Gasteiger partial charge in [-0.3, -0.25) is 14.9 Å². The van der Waals surface area contributed by atoms with Gasteiger partial charge in [0.1, 0.15) is 0 Å². The lowest BCUT2D eigenvalue weighted by Gasteiger charge is -2.33. The van der Waals surface area contributed by atoms with E-state index in [4.69, 9.17) is 10.5 Å². The first-order valence-electron chi connectivity index (χ1n) is 10.8. The van der Waals surface area contributed by atoms with E-state index in [1.165, 1.54) is 12.1 Å². The molecule has 1 aliphatic heterocycles. The van der Waals surface area contributed by atoms with E-state index in [1.807, 2.05) is 6.07 Å². The summed E-state index contributed by atoms with van der Waals surface area (Å²) in [6.07, 6.45) is 0. The molecule has 4 rings (SSSR count). The number of aliphatic imine (C=N–C) groups is 1. The number of hydrogen-bond donors (Lipinski definition) is 3.